The molecule has 1 aromatic carbocycles. The van der Waals surface area contributed by atoms with Gasteiger partial charge in [-0.05, 0) is 29.8 Å². The molecular weight excluding hydrogens is 247 g/mol. The van der Waals surface area contributed by atoms with Crippen LogP contribution in [0.15, 0.2) is 42.7 Å². The minimum atomic E-state index is -1.28. The molecule has 0 unspecified atom stereocenters. The number of nitrogens with one attached hydrogen (secondary N) is 1. The van der Waals surface area contributed by atoms with Gasteiger partial charge in [0.15, 0.2) is 0 Å². The van der Waals surface area contributed by atoms with Crippen LogP contribution in [0.2, 0.25) is 0 Å². The third-order valence-corrected chi connectivity index (χ3v) is 2.93. The molecule has 94 valence electrons. The lowest BCUT2D eigenvalue weighted by Crippen LogP contribution is -2.00. The van der Waals surface area contributed by atoms with Crippen LogP contribution in [-0.2, 0) is 0 Å². The van der Waals surface area contributed by atoms with Crippen LogP contribution < -0.4 is 0 Å². The topological polar surface area (TPSA) is 66.0 Å². The van der Waals surface area contributed by atoms with Gasteiger partial charge in [0.2, 0.25) is 0 Å². The second-order valence-electron chi connectivity index (χ2n) is 4.14. The number of carboxylic acid groups (broad SMARTS) is 1. The Bertz CT molecular complexity index is 780. The predicted octanol–water partition coefficient (Wildman–Crippen LogP) is 3.07. The second kappa shape index (κ2) is 4.20. The lowest BCUT2D eigenvalue weighted by molar-refractivity contribution is 0.0692. The summed E-state index contributed by atoms with van der Waals surface area (Å²) in [5.74, 6) is -2.03. The van der Waals surface area contributed by atoms with Gasteiger partial charge in [-0.3, -0.25) is 0 Å². The SMILES string of the molecule is O=C(O)c1cc(-c2cnc3[nH]ccc3c2)ccc1F. The highest BCUT2D eigenvalue weighted by Crippen LogP contribution is 2.24. The van der Waals surface area contributed by atoms with Crippen molar-refractivity contribution in [1.29, 1.82) is 0 Å². The molecule has 2 N–H and O–H groups in total. The molecule has 4 nitrogen and oxygen atoms in total. The minimum Gasteiger partial charge on any atom is -0.478 e. The quantitative estimate of drug-likeness (QED) is 0.740. The fraction of sp³-hybridized carbons (Fsp3) is 0. The van der Waals surface area contributed by atoms with E-state index in [9.17, 15) is 9.18 Å². The number of hydrogen-bond acceptors (Lipinski definition) is 2. The molecule has 2 aromatic heterocycles. The smallest absolute Gasteiger partial charge is 0.338 e. The van der Waals surface area contributed by atoms with E-state index in [2.05, 4.69) is 9.97 Å². The monoisotopic (exact) mass is 256 g/mol. The first-order valence-corrected chi connectivity index (χ1v) is 5.61. The van der Waals surface area contributed by atoms with Crippen LogP contribution in [0.5, 0.6) is 0 Å². The number of rotatable bonds is 2. The molecule has 0 saturated carbocycles. The van der Waals surface area contributed by atoms with Crippen LogP contribution in [0.1, 0.15) is 10.4 Å². The molecule has 0 aliphatic heterocycles. The summed E-state index contributed by atoms with van der Waals surface area (Å²) in [5, 5.41) is 9.83. The van der Waals surface area contributed by atoms with E-state index >= 15 is 0 Å². The average Bonchev–Trinajstić information content (AvgIpc) is 2.86. The van der Waals surface area contributed by atoms with Gasteiger partial charge in [-0.15, -0.1) is 0 Å². The molecule has 19 heavy (non-hydrogen) atoms. The number of hydrogen-bond donors (Lipinski definition) is 2. The van der Waals surface area contributed by atoms with Crippen LogP contribution in [0.3, 0.4) is 0 Å². The number of H-pyrrole nitrogens is 1. The number of nitrogens with zero attached hydrogens (tertiary/aromatic N) is 1. The van der Waals surface area contributed by atoms with Crippen molar-refractivity contribution in [3.05, 3.63) is 54.1 Å². The molecule has 0 radical (unpaired) electrons. The molecule has 3 rings (SSSR count). The van der Waals surface area contributed by atoms with Gasteiger partial charge in [-0.1, -0.05) is 6.07 Å². The van der Waals surface area contributed by atoms with Crippen LogP contribution in [0, 0.1) is 5.82 Å². The van der Waals surface area contributed by atoms with E-state index in [-0.39, 0.29) is 5.56 Å². The zero-order valence-corrected chi connectivity index (χ0v) is 9.72. The number of benzene rings is 1. The molecule has 0 atom stereocenters. The Morgan fingerprint density at radius 1 is 1.21 bits per heavy atom. The Morgan fingerprint density at radius 3 is 2.84 bits per heavy atom. The van der Waals surface area contributed by atoms with Gasteiger partial charge in [-0.25, -0.2) is 14.2 Å². The van der Waals surface area contributed by atoms with Crippen molar-refractivity contribution in [3.8, 4) is 11.1 Å². The maximum Gasteiger partial charge on any atom is 0.338 e. The largest absolute Gasteiger partial charge is 0.478 e. The first kappa shape index (κ1) is 11.4. The molecule has 0 saturated heterocycles. The number of carboxylic acids is 1. The summed E-state index contributed by atoms with van der Waals surface area (Å²) in [6, 6.07) is 7.75. The third kappa shape index (κ3) is 1.95. The lowest BCUT2D eigenvalue weighted by Gasteiger charge is -2.04. The molecule has 3 aromatic rings. The molecule has 5 heteroatoms. The molecule has 0 aliphatic rings. The Hall–Kier alpha value is -2.69. The van der Waals surface area contributed by atoms with E-state index in [0.717, 1.165) is 22.7 Å². The Morgan fingerprint density at radius 2 is 2.05 bits per heavy atom. The van der Waals surface area contributed by atoms with E-state index < -0.39 is 11.8 Å². The van der Waals surface area contributed by atoms with Crippen molar-refractivity contribution in [3.63, 3.8) is 0 Å². The van der Waals surface area contributed by atoms with Gasteiger partial charge >= 0.3 is 5.97 Å². The number of fused-ring (bicyclic) bond motifs is 1. The number of carbonyl (C=O) groups is 1. The summed E-state index contributed by atoms with van der Waals surface area (Å²) in [6.45, 7) is 0. The Labute approximate surface area is 107 Å². The highest BCUT2D eigenvalue weighted by Gasteiger charge is 2.12. The van der Waals surface area contributed by atoms with E-state index in [0.29, 0.717) is 5.56 Å². The number of pyridine rings is 1. The summed E-state index contributed by atoms with van der Waals surface area (Å²) in [6.07, 6.45) is 3.40. The average molecular weight is 256 g/mol. The van der Waals surface area contributed by atoms with Crippen molar-refractivity contribution in [2.75, 3.05) is 0 Å². The van der Waals surface area contributed by atoms with Crippen molar-refractivity contribution < 1.29 is 14.3 Å². The highest BCUT2D eigenvalue weighted by atomic mass is 19.1. The number of halogens is 1. The van der Waals surface area contributed by atoms with Gasteiger partial charge in [0.05, 0.1) is 5.56 Å². The van der Waals surface area contributed by atoms with Crippen molar-refractivity contribution in [1.82, 2.24) is 9.97 Å². The predicted molar refractivity (Wildman–Crippen MR) is 68.4 cm³/mol. The maximum absolute atomic E-state index is 13.3. The molecule has 0 bridgehead atoms. The summed E-state index contributed by atoms with van der Waals surface area (Å²) < 4.78 is 13.3. The van der Waals surface area contributed by atoms with Crippen LogP contribution >= 0.6 is 0 Å². The van der Waals surface area contributed by atoms with Gasteiger partial charge in [-0.2, -0.15) is 0 Å². The summed E-state index contributed by atoms with van der Waals surface area (Å²) >= 11 is 0. The van der Waals surface area contributed by atoms with Crippen molar-refractivity contribution in [2.24, 2.45) is 0 Å². The van der Waals surface area contributed by atoms with Crippen molar-refractivity contribution >= 4 is 17.0 Å². The fourth-order valence-electron chi connectivity index (χ4n) is 1.97. The zero-order valence-electron chi connectivity index (χ0n) is 9.72. The molecule has 0 aliphatic carbocycles. The Balaban J connectivity index is 2.15. The molecule has 0 amide bonds. The summed E-state index contributed by atoms with van der Waals surface area (Å²) in [5.41, 5.74) is 1.78. The number of aromatic carboxylic acids is 1. The molecule has 0 fully saturated rings. The minimum absolute atomic E-state index is 0.341. The first-order chi connectivity index (χ1) is 9.15. The van der Waals surface area contributed by atoms with Crippen LogP contribution in [-0.4, -0.2) is 21.0 Å². The van der Waals surface area contributed by atoms with Gasteiger partial charge < -0.3 is 10.1 Å². The third-order valence-electron chi connectivity index (χ3n) is 2.93. The highest BCUT2D eigenvalue weighted by molar-refractivity contribution is 5.90. The van der Waals surface area contributed by atoms with Gasteiger partial charge in [0.25, 0.3) is 0 Å². The van der Waals surface area contributed by atoms with E-state index in [1.165, 1.54) is 12.1 Å². The molecule has 0 spiro atoms. The second-order valence-corrected chi connectivity index (χ2v) is 4.14. The Kier molecular flexibility index (Phi) is 2.52. The van der Waals surface area contributed by atoms with Gasteiger partial charge in [0.1, 0.15) is 11.5 Å². The molecule has 2 heterocycles. The number of aromatic nitrogens is 2. The maximum atomic E-state index is 13.3. The van der Waals surface area contributed by atoms with Crippen LogP contribution in [0.25, 0.3) is 22.2 Å². The molecular formula is C14H9FN2O2. The standard InChI is InChI=1S/C14H9FN2O2/c15-12-2-1-8(6-11(12)14(18)19)10-5-9-3-4-16-13(9)17-7-10/h1-7H,(H,16,17)(H,18,19). The van der Waals surface area contributed by atoms with E-state index in [4.69, 9.17) is 5.11 Å². The lowest BCUT2D eigenvalue weighted by atomic mass is 10.0. The zero-order chi connectivity index (χ0) is 13.4. The number of aromatic amines is 1. The van der Waals surface area contributed by atoms with E-state index in [1.54, 1.807) is 12.4 Å². The summed E-state index contributed by atoms with van der Waals surface area (Å²) in [7, 11) is 0. The fourth-order valence-corrected chi connectivity index (χ4v) is 1.97. The van der Waals surface area contributed by atoms with Crippen molar-refractivity contribution in [2.45, 2.75) is 0 Å². The summed E-state index contributed by atoms with van der Waals surface area (Å²) in [4.78, 5) is 18.1. The van der Waals surface area contributed by atoms with Crippen LogP contribution in [0.4, 0.5) is 4.39 Å². The first-order valence-electron chi connectivity index (χ1n) is 5.61. The van der Waals surface area contributed by atoms with E-state index in [1.807, 2.05) is 12.1 Å². The van der Waals surface area contributed by atoms with Gasteiger partial charge in [0, 0.05) is 23.3 Å². The normalized spacial score (nSPS) is 10.8.